The highest BCUT2D eigenvalue weighted by Gasteiger charge is 2.23. The number of benzene rings is 1. The number of halogens is 2. The summed E-state index contributed by atoms with van der Waals surface area (Å²) in [7, 11) is 0. The van der Waals surface area contributed by atoms with Crippen molar-refractivity contribution in [3.05, 3.63) is 32.3 Å². The monoisotopic (exact) mass is 375 g/mol. The number of hydrogen-bond donors (Lipinski definition) is 0. The Balaban J connectivity index is 2.09. The second kappa shape index (κ2) is 8.50. The molecule has 132 valence electrons. The summed E-state index contributed by atoms with van der Waals surface area (Å²) in [6.07, 6.45) is 0.822. The van der Waals surface area contributed by atoms with Crippen LogP contribution in [0.2, 0.25) is 10.0 Å². The zero-order valence-electron chi connectivity index (χ0n) is 13.3. The summed E-state index contributed by atoms with van der Waals surface area (Å²) in [5, 5.41) is 11.4. The first-order chi connectivity index (χ1) is 11.4. The second-order valence-corrected chi connectivity index (χ2v) is 6.25. The minimum Gasteiger partial charge on any atom is -0.465 e. The Morgan fingerprint density at radius 1 is 1.25 bits per heavy atom. The summed E-state index contributed by atoms with van der Waals surface area (Å²) in [6, 6.07) is 2.62. The molecule has 0 saturated carbocycles. The maximum atomic E-state index is 11.6. The molecular formula is C15H19Cl2N3O4. The number of ether oxygens (including phenoxy) is 1. The molecule has 0 atom stereocenters. The molecule has 1 aromatic rings. The van der Waals surface area contributed by atoms with Gasteiger partial charge in [0.25, 0.3) is 5.69 Å². The summed E-state index contributed by atoms with van der Waals surface area (Å²) in [5.41, 5.74) is 0.467. The Morgan fingerprint density at radius 2 is 1.92 bits per heavy atom. The molecule has 1 fully saturated rings. The van der Waals surface area contributed by atoms with E-state index in [0.29, 0.717) is 31.9 Å². The van der Waals surface area contributed by atoms with Gasteiger partial charge in [-0.25, -0.2) is 0 Å². The third kappa shape index (κ3) is 4.72. The molecule has 9 heteroatoms. The molecule has 2 rings (SSSR count). The van der Waals surface area contributed by atoms with Gasteiger partial charge >= 0.3 is 5.97 Å². The number of carbonyl (C=O) groups excluding carboxylic acids is 1. The number of hydrogen-bond acceptors (Lipinski definition) is 6. The molecule has 0 amide bonds. The highest BCUT2D eigenvalue weighted by atomic mass is 35.5. The van der Waals surface area contributed by atoms with Crippen molar-refractivity contribution in [2.24, 2.45) is 0 Å². The number of nitrogens with zero attached hydrogens (tertiary/aromatic N) is 3. The standard InChI is InChI=1S/C15H19Cl2N3O4/c1-2-24-14(21)10-18-4-3-5-19(7-6-18)15-12(16)8-11(20(22)23)9-13(15)17/h8-9H,2-7,10H2,1H3. The minimum atomic E-state index is -0.523. The van der Waals surface area contributed by atoms with Gasteiger partial charge in [-0.05, 0) is 13.3 Å². The van der Waals surface area contributed by atoms with Crippen molar-refractivity contribution in [1.29, 1.82) is 0 Å². The van der Waals surface area contributed by atoms with E-state index in [1.807, 2.05) is 9.80 Å². The summed E-state index contributed by atoms with van der Waals surface area (Å²) < 4.78 is 4.97. The van der Waals surface area contributed by atoms with Crippen LogP contribution >= 0.6 is 23.2 Å². The smallest absolute Gasteiger partial charge is 0.320 e. The predicted molar refractivity (Wildman–Crippen MR) is 93.0 cm³/mol. The van der Waals surface area contributed by atoms with E-state index in [-0.39, 0.29) is 28.2 Å². The first-order valence-electron chi connectivity index (χ1n) is 7.68. The van der Waals surface area contributed by atoms with Crippen LogP contribution in [0, 0.1) is 10.1 Å². The molecule has 1 aromatic carbocycles. The van der Waals surface area contributed by atoms with Gasteiger partial charge in [-0.15, -0.1) is 0 Å². The fraction of sp³-hybridized carbons (Fsp3) is 0.533. The molecule has 1 aliphatic heterocycles. The van der Waals surface area contributed by atoms with Gasteiger partial charge < -0.3 is 9.64 Å². The lowest BCUT2D eigenvalue weighted by Crippen LogP contribution is -2.35. The van der Waals surface area contributed by atoms with Crippen LogP contribution in [0.3, 0.4) is 0 Å². The van der Waals surface area contributed by atoms with Gasteiger partial charge in [0, 0.05) is 38.3 Å². The normalized spacial score (nSPS) is 15.9. The topological polar surface area (TPSA) is 75.9 Å². The highest BCUT2D eigenvalue weighted by Crippen LogP contribution is 2.37. The fourth-order valence-corrected chi connectivity index (χ4v) is 3.42. The Bertz CT molecular complexity index is 604. The van der Waals surface area contributed by atoms with Crippen molar-refractivity contribution >= 4 is 40.5 Å². The van der Waals surface area contributed by atoms with Crippen molar-refractivity contribution in [3.8, 4) is 0 Å². The lowest BCUT2D eigenvalue weighted by molar-refractivity contribution is -0.384. The van der Waals surface area contributed by atoms with Crippen LogP contribution in [0.4, 0.5) is 11.4 Å². The van der Waals surface area contributed by atoms with Crippen LogP contribution in [0.25, 0.3) is 0 Å². The Hall–Kier alpha value is -1.57. The molecule has 0 aliphatic carbocycles. The summed E-state index contributed by atoms with van der Waals surface area (Å²) in [6.45, 7) is 5.14. The Morgan fingerprint density at radius 3 is 2.50 bits per heavy atom. The maximum absolute atomic E-state index is 11.6. The third-order valence-electron chi connectivity index (χ3n) is 3.78. The second-order valence-electron chi connectivity index (χ2n) is 5.44. The average molecular weight is 376 g/mol. The van der Waals surface area contributed by atoms with E-state index < -0.39 is 4.92 Å². The van der Waals surface area contributed by atoms with Gasteiger partial charge in [-0.2, -0.15) is 0 Å². The van der Waals surface area contributed by atoms with Crippen LogP contribution in [0.15, 0.2) is 12.1 Å². The molecule has 7 nitrogen and oxygen atoms in total. The zero-order chi connectivity index (χ0) is 17.7. The van der Waals surface area contributed by atoms with E-state index in [4.69, 9.17) is 27.9 Å². The van der Waals surface area contributed by atoms with Crippen LogP contribution in [-0.4, -0.2) is 55.1 Å². The van der Waals surface area contributed by atoms with E-state index >= 15 is 0 Å². The predicted octanol–water partition coefficient (Wildman–Crippen LogP) is 2.98. The van der Waals surface area contributed by atoms with Gasteiger partial charge in [0.1, 0.15) is 0 Å². The zero-order valence-corrected chi connectivity index (χ0v) is 14.8. The summed E-state index contributed by atoms with van der Waals surface area (Å²) in [5.74, 6) is -0.239. The van der Waals surface area contributed by atoms with Gasteiger partial charge in [-0.3, -0.25) is 19.8 Å². The number of anilines is 1. The maximum Gasteiger partial charge on any atom is 0.320 e. The number of non-ortho nitro benzene ring substituents is 1. The molecule has 24 heavy (non-hydrogen) atoms. The van der Waals surface area contributed by atoms with E-state index in [1.54, 1.807) is 6.92 Å². The number of nitro groups is 1. The number of esters is 1. The lowest BCUT2D eigenvalue weighted by Gasteiger charge is -2.25. The van der Waals surface area contributed by atoms with Crippen molar-refractivity contribution in [3.63, 3.8) is 0 Å². The first-order valence-corrected chi connectivity index (χ1v) is 8.44. The highest BCUT2D eigenvalue weighted by molar-refractivity contribution is 6.39. The third-order valence-corrected chi connectivity index (χ3v) is 4.35. The van der Waals surface area contributed by atoms with E-state index in [2.05, 4.69) is 0 Å². The van der Waals surface area contributed by atoms with Gasteiger partial charge in [-0.1, -0.05) is 23.2 Å². The van der Waals surface area contributed by atoms with E-state index in [0.717, 1.165) is 13.0 Å². The minimum absolute atomic E-state index is 0.132. The number of rotatable bonds is 5. The number of carbonyl (C=O) groups is 1. The van der Waals surface area contributed by atoms with Crippen molar-refractivity contribution in [2.45, 2.75) is 13.3 Å². The summed E-state index contributed by atoms with van der Waals surface area (Å²) in [4.78, 5) is 26.0. The molecular weight excluding hydrogens is 357 g/mol. The average Bonchev–Trinajstić information content (AvgIpc) is 2.72. The van der Waals surface area contributed by atoms with Crippen LogP contribution in [0.5, 0.6) is 0 Å². The Kier molecular flexibility index (Phi) is 6.65. The quantitative estimate of drug-likeness (QED) is 0.447. The molecule has 1 saturated heterocycles. The van der Waals surface area contributed by atoms with E-state index in [9.17, 15) is 14.9 Å². The van der Waals surface area contributed by atoms with Crippen molar-refractivity contribution in [2.75, 3.05) is 44.2 Å². The first kappa shape index (κ1) is 18.8. The number of nitro benzene ring substituents is 1. The summed E-state index contributed by atoms with van der Waals surface area (Å²) >= 11 is 12.4. The molecule has 0 aromatic heterocycles. The Labute approximate surface area is 150 Å². The molecule has 1 heterocycles. The van der Waals surface area contributed by atoms with Crippen molar-refractivity contribution < 1.29 is 14.5 Å². The van der Waals surface area contributed by atoms with Gasteiger partial charge in [0.15, 0.2) is 0 Å². The SMILES string of the molecule is CCOC(=O)CN1CCCN(c2c(Cl)cc([N+](=O)[O-])cc2Cl)CC1. The molecule has 0 unspecified atom stereocenters. The molecule has 0 spiro atoms. The van der Waals surface area contributed by atoms with Gasteiger partial charge in [0.2, 0.25) is 0 Å². The van der Waals surface area contributed by atoms with Crippen LogP contribution in [0.1, 0.15) is 13.3 Å². The van der Waals surface area contributed by atoms with Crippen molar-refractivity contribution in [1.82, 2.24) is 4.90 Å². The van der Waals surface area contributed by atoms with Crippen LogP contribution < -0.4 is 4.90 Å². The van der Waals surface area contributed by atoms with Crippen LogP contribution in [-0.2, 0) is 9.53 Å². The molecule has 0 N–H and O–H groups in total. The largest absolute Gasteiger partial charge is 0.465 e. The molecule has 0 radical (unpaired) electrons. The molecule has 0 bridgehead atoms. The fourth-order valence-electron chi connectivity index (χ4n) is 2.70. The molecule has 1 aliphatic rings. The van der Waals surface area contributed by atoms with E-state index in [1.165, 1.54) is 12.1 Å². The lowest BCUT2D eigenvalue weighted by atomic mass is 10.2. The van der Waals surface area contributed by atoms with Gasteiger partial charge in [0.05, 0.1) is 33.8 Å².